The van der Waals surface area contributed by atoms with Crippen molar-refractivity contribution >= 4 is 17.2 Å². The number of rotatable bonds is 4. The number of nitrogens with two attached hydrogens (primary N) is 3. The molecule has 0 aromatic heterocycles. The van der Waals surface area contributed by atoms with Crippen molar-refractivity contribution in [3.63, 3.8) is 0 Å². The summed E-state index contributed by atoms with van der Waals surface area (Å²) < 4.78 is 5.54. The molecule has 19 heavy (non-hydrogen) atoms. The van der Waals surface area contributed by atoms with Crippen LogP contribution in [0.2, 0.25) is 0 Å². The molecule has 0 spiro atoms. The van der Waals surface area contributed by atoms with Gasteiger partial charge in [0.2, 0.25) is 0 Å². The maximum atomic E-state index is 12.3. The quantitative estimate of drug-likeness (QED) is 0.509. The highest BCUT2D eigenvalue weighted by molar-refractivity contribution is 6.01. The van der Waals surface area contributed by atoms with Gasteiger partial charge in [-0.2, -0.15) is 0 Å². The van der Waals surface area contributed by atoms with Gasteiger partial charge >= 0.3 is 0 Å². The van der Waals surface area contributed by atoms with Crippen LogP contribution in [0.3, 0.4) is 0 Å². The van der Waals surface area contributed by atoms with E-state index in [1.807, 2.05) is 0 Å². The average molecular weight is 264 g/mol. The van der Waals surface area contributed by atoms with Crippen LogP contribution in [0.5, 0.6) is 0 Å². The van der Waals surface area contributed by atoms with E-state index in [9.17, 15) is 4.79 Å². The van der Waals surface area contributed by atoms with Crippen molar-refractivity contribution in [2.75, 3.05) is 44.3 Å². The van der Waals surface area contributed by atoms with E-state index in [1.54, 1.807) is 18.2 Å². The van der Waals surface area contributed by atoms with E-state index in [0.717, 1.165) is 13.1 Å². The smallest absolute Gasteiger partial charge is 0.192 e. The number of morpholine rings is 1. The Morgan fingerprint density at radius 2 is 2.16 bits per heavy atom. The van der Waals surface area contributed by atoms with Gasteiger partial charge in [0.1, 0.15) is 6.10 Å². The van der Waals surface area contributed by atoms with E-state index in [-0.39, 0.29) is 5.78 Å². The van der Waals surface area contributed by atoms with Crippen LogP contribution in [0.4, 0.5) is 11.4 Å². The van der Waals surface area contributed by atoms with Crippen LogP contribution < -0.4 is 17.2 Å². The summed E-state index contributed by atoms with van der Waals surface area (Å²) >= 11 is 0. The molecule has 0 amide bonds. The van der Waals surface area contributed by atoms with Crippen molar-refractivity contribution in [3.05, 3.63) is 23.8 Å². The molecule has 1 aliphatic rings. The molecule has 2 rings (SSSR count). The van der Waals surface area contributed by atoms with Crippen LogP contribution >= 0.6 is 0 Å². The molecular formula is C13H20N4O2. The molecule has 0 saturated carbocycles. The Balaban J connectivity index is 2.08. The standard InChI is InChI=1S/C13H20N4O2/c14-3-4-17-5-6-19-12(8-17)13(18)9-1-2-10(15)11(16)7-9/h1-2,7,12H,3-6,8,14-16H2. The second kappa shape index (κ2) is 6.01. The van der Waals surface area contributed by atoms with Gasteiger partial charge in [-0.05, 0) is 18.2 Å². The van der Waals surface area contributed by atoms with Gasteiger partial charge in [-0.3, -0.25) is 9.69 Å². The molecule has 1 aliphatic heterocycles. The molecule has 0 bridgehead atoms. The Kier molecular flexibility index (Phi) is 4.36. The summed E-state index contributed by atoms with van der Waals surface area (Å²) in [6.07, 6.45) is -0.455. The van der Waals surface area contributed by atoms with E-state index in [0.29, 0.717) is 36.6 Å². The maximum Gasteiger partial charge on any atom is 0.192 e. The average Bonchev–Trinajstić information content (AvgIpc) is 2.42. The fourth-order valence-electron chi connectivity index (χ4n) is 2.16. The lowest BCUT2D eigenvalue weighted by Crippen LogP contribution is -2.47. The van der Waals surface area contributed by atoms with Gasteiger partial charge in [0.05, 0.1) is 18.0 Å². The molecule has 104 valence electrons. The highest BCUT2D eigenvalue weighted by Gasteiger charge is 2.27. The zero-order valence-electron chi connectivity index (χ0n) is 10.8. The largest absolute Gasteiger partial charge is 0.397 e. The third-order valence-corrected chi connectivity index (χ3v) is 3.26. The Morgan fingerprint density at radius 1 is 1.37 bits per heavy atom. The van der Waals surface area contributed by atoms with E-state index in [1.165, 1.54) is 0 Å². The molecule has 0 aliphatic carbocycles. The highest BCUT2D eigenvalue weighted by Crippen LogP contribution is 2.19. The lowest BCUT2D eigenvalue weighted by molar-refractivity contribution is -0.0155. The fourth-order valence-corrected chi connectivity index (χ4v) is 2.16. The zero-order chi connectivity index (χ0) is 13.8. The van der Waals surface area contributed by atoms with Crippen LogP contribution in [-0.4, -0.2) is 49.6 Å². The molecule has 1 atom stereocenters. The van der Waals surface area contributed by atoms with Crippen molar-refractivity contribution < 1.29 is 9.53 Å². The predicted octanol–water partition coefficient (Wildman–Crippen LogP) is -0.307. The number of anilines is 2. The number of nitrogens with zero attached hydrogens (tertiary/aromatic N) is 1. The molecule has 1 aromatic rings. The van der Waals surface area contributed by atoms with Crippen molar-refractivity contribution in [3.8, 4) is 0 Å². The lowest BCUT2D eigenvalue weighted by Gasteiger charge is -2.31. The molecule has 1 unspecified atom stereocenters. The van der Waals surface area contributed by atoms with Gasteiger partial charge in [0.25, 0.3) is 0 Å². The minimum Gasteiger partial charge on any atom is -0.397 e. The summed E-state index contributed by atoms with van der Waals surface area (Å²) in [7, 11) is 0. The van der Waals surface area contributed by atoms with E-state index < -0.39 is 6.10 Å². The summed E-state index contributed by atoms with van der Waals surface area (Å²) in [6.45, 7) is 3.28. The Bertz CT molecular complexity index is 462. The van der Waals surface area contributed by atoms with Gasteiger partial charge in [-0.1, -0.05) is 0 Å². The van der Waals surface area contributed by atoms with Crippen molar-refractivity contribution in [1.29, 1.82) is 0 Å². The van der Waals surface area contributed by atoms with Crippen molar-refractivity contribution in [2.45, 2.75) is 6.10 Å². The normalized spacial score (nSPS) is 20.4. The van der Waals surface area contributed by atoms with Gasteiger partial charge in [-0.25, -0.2) is 0 Å². The third-order valence-electron chi connectivity index (χ3n) is 3.26. The van der Waals surface area contributed by atoms with Gasteiger partial charge < -0.3 is 21.9 Å². The maximum absolute atomic E-state index is 12.3. The highest BCUT2D eigenvalue weighted by atomic mass is 16.5. The first-order valence-corrected chi connectivity index (χ1v) is 6.35. The first-order chi connectivity index (χ1) is 9.11. The molecule has 6 nitrogen and oxygen atoms in total. The number of carbonyl (C=O) groups is 1. The molecular weight excluding hydrogens is 244 g/mol. The molecule has 0 radical (unpaired) electrons. The second-order valence-electron chi connectivity index (χ2n) is 4.66. The Labute approximate surface area is 112 Å². The van der Waals surface area contributed by atoms with E-state index in [4.69, 9.17) is 21.9 Å². The molecule has 1 aromatic carbocycles. The molecule has 1 heterocycles. The first kappa shape index (κ1) is 13.8. The minimum absolute atomic E-state index is 0.0616. The summed E-state index contributed by atoms with van der Waals surface area (Å²) in [5.74, 6) is -0.0616. The number of ether oxygens (including phenoxy) is 1. The summed E-state index contributed by atoms with van der Waals surface area (Å²) in [4.78, 5) is 14.5. The zero-order valence-corrected chi connectivity index (χ0v) is 10.8. The molecule has 1 fully saturated rings. The van der Waals surface area contributed by atoms with E-state index in [2.05, 4.69) is 4.90 Å². The Hall–Kier alpha value is -1.63. The number of ketones is 1. The van der Waals surface area contributed by atoms with Crippen molar-refractivity contribution in [2.24, 2.45) is 5.73 Å². The van der Waals surface area contributed by atoms with E-state index >= 15 is 0 Å². The number of hydrogen-bond acceptors (Lipinski definition) is 6. The van der Waals surface area contributed by atoms with Crippen molar-refractivity contribution in [1.82, 2.24) is 4.90 Å². The Morgan fingerprint density at radius 3 is 2.84 bits per heavy atom. The number of carbonyl (C=O) groups excluding carboxylic acids is 1. The van der Waals surface area contributed by atoms with Gasteiger partial charge in [0, 0.05) is 31.7 Å². The van der Waals surface area contributed by atoms with Crippen LogP contribution in [0, 0.1) is 0 Å². The first-order valence-electron chi connectivity index (χ1n) is 6.35. The van der Waals surface area contributed by atoms with Gasteiger partial charge in [0.15, 0.2) is 5.78 Å². The monoisotopic (exact) mass is 264 g/mol. The topological polar surface area (TPSA) is 108 Å². The number of hydrogen-bond donors (Lipinski definition) is 3. The SMILES string of the molecule is NCCN1CCOC(C(=O)c2ccc(N)c(N)c2)C1. The molecule has 1 saturated heterocycles. The predicted molar refractivity (Wildman–Crippen MR) is 74.8 cm³/mol. The third kappa shape index (κ3) is 3.23. The number of Topliss-reactive ketones (excluding diaryl/α,β-unsaturated/α-hetero) is 1. The number of benzene rings is 1. The summed E-state index contributed by atoms with van der Waals surface area (Å²) in [5, 5.41) is 0. The van der Waals surface area contributed by atoms with Gasteiger partial charge in [-0.15, -0.1) is 0 Å². The van der Waals surface area contributed by atoms with Crippen LogP contribution in [0.15, 0.2) is 18.2 Å². The molecule has 6 heteroatoms. The summed E-state index contributed by atoms with van der Waals surface area (Å²) in [6, 6.07) is 4.92. The minimum atomic E-state index is -0.455. The second-order valence-corrected chi connectivity index (χ2v) is 4.66. The molecule has 6 N–H and O–H groups in total. The summed E-state index contributed by atoms with van der Waals surface area (Å²) in [5.41, 5.74) is 18.3. The van der Waals surface area contributed by atoms with Crippen LogP contribution in [0.1, 0.15) is 10.4 Å². The van der Waals surface area contributed by atoms with Crippen LogP contribution in [-0.2, 0) is 4.74 Å². The van der Waals surface area contributed by atoms with Crippen LogP contribution in [0.25, 0.3) is 0 Å². The lowest BCUT2D eigenvalue weighted by atomic mass is 10.0. The fraction of sp³-hybridized carbons (Fsp3) is 0.462. The number of nitrogen functional groups attached to an aromatic ring is 2.